The number of nitrogens with zero attached hydrogens (tertiary/aromatic N) is 5. The van der Waals surface area contributed by atoms with E-state index >= 15 is 0 Å². The summed E-state index contributed by atoms with van der Waals surface area (Å²) in [7, 11) is 1.67. The number of carbonyl (C=O) groups excluding carboxylic acids is 1. The molecular formula is C22H24ClN5O2. The molecule has 0 aliphatic carbocycles. The van der Waals surface area contributed by atoms with Crippen molar-refractivity contribution in [3.8, 4) is 11.4 Å². The number of aryl methyl sites for hydroxylation is 1. The van der Waals surface area contributed by atoms with Crippen LogP contribution in [0.1, 0.15) is 21.7 Å². The molecule has 1 aliphatic heterocycles. The van der Waals surface area contributed by atoms with Gasteiger partial charge < -0.3 is 14.5 Å². The van der Waals surface area contributed by atoms with Gasteiger partial charge in [0, 0.05) is 31.2 Å². The molecule has 8 heteroatoms. The molecule has 0 unspecified atom stereocenters. The molecule has 30 heavy (non-hydrogen) atoms. The van der Waals surface area contributed by atoms with E-state index in [1.807, 2.05) is 61.2 Å². The minimum atomic E-state index is -0.100. The zero-order valence-corrected chi connectivity index (χ0v) is 18.1. The molecule has 1 aromatic heterocycles. The molecule has 0 atom stereocenters. The first-order valence-electron chi connectivity index (χ1n) is 9.85. The van der Waals surface area contributed by atoms with E-state index in [9.17, 15) is 4.79 Å². The van der Waals surface area contributed by atoms with Crippen LogP contribution in [-0.2, 0) is 0 Å². The Morgan fingerprint density at radius 1 is 1.07 bits per heavy atom. The SMILES string of the molecule is COc1ccccc1N1CCN(C(=O)c2nnn(-c3ccc(C)c(Cl)c3)c2C)CC1. The van der Waals surface area contributed by atoms with Crippen LogP contribution in [0.3, 0.4) is 0 Å². The number of benzene rings is 2. The number of para-hydroxylation sites is 2. The van der Waals surface area contributed by atoms with Crippen molar-refractivity contribution in [3.05, 3.63) is 64.4 Å². The van der Waals surface area contributed by atoms with Gasteiger partial charge in [-0.05, 0) is 43.7 Å². The van der Waals surface area contributed by atoms with E-state index in [4.69, 9.17) is 16.3 Å². The zero-order chi connectivity index (χ0) is 21.3. The molecule has 0 bridgehead atoms. The fourth-order valence-electron chi connectivity index (χ4n) is 3.68. The molecule has 2 aromatic carbocycles. The number of hydrogen-bond donors (Lipinski definition) is 0. The Hall–Kier alpha value is -3.06. The van der Waals surface area contributed by atoms with E-state index in [2.05, 4.69) is 15.2 Å². The van der Waals surface area contributed by atoms with Crippen LogP contribution < -0.4 is 9.64 Å². The van der Waals surface area contributed by atoms with Gasteiger partial charge in [0.25, 0.3) is 5.91 Å². The van der Waals surface area contributed by atoms with Gasteiger partial charge in [-0.2, -0.15) is 0 Å². The topological polar surface area (TPSA) is 63.5 Å². The number of amides is 1. The molecule has 1 saturated heterocycles. The van der Waals surface area contributed by atoms with Crippen LogP contribution in [0.2, 0.25) is 5.02 Å². The molecule has 1 amide bonds. The predicted molar refractivity (Wildman–Crippen MR) is 117 cm³/mol. The van der Waals surface area contributed by atoms with Gasteiger partial charge >= 0.3 is 0 Å². The summed E-state index contributed by atoms with van der Waals surface area (Å²) < 4.78 is 7.12. The standard InChI is InChI=1S/C22H24ClN5O2/c1-15-8-9-17(14-18(15)23)28-16(2)21(24-25-28)22(29)27-12-10-26(11-13-27)19-6-4-5-7-20(19)30-3/h4-9,14H,10-13H2,1-3H3. The summed E-state index contributed by atoms with van der Waals surface area (Å²) in [5.41, 5.74) is 3.90. The van der Waals surface area contributed by atoms with E-state index in [0.717, 1.165) is 35.8 Å². The van der Waals surface area contributed by atoms with Crippen molar-refractivity contribution < 1.29 is 9.53 Å². The number of rotatable bonds is 4. The summed E-state index contributed by atoms with van der Waals surface area (Å²) in [5, 5.41) is 9.02. The lowest BCUT2D eigenvalue weighted by atomic mass is 10.2. The molecule has 1 aliphatic rings. The van der Waals surface area contributed by atoms with E-state index < -0.39 is 0 Å². The van der Waals surface area contributed by atoms with Gasteiger partial charge in [0.05, 0.1) is 24.2 Å². The highest BCUT2D eigenvalue weighted by molar-refractivity contribution is 6.31. The Morgan fingerprint density at radius 3 is 2.50 bits per heavy atom. The number of hydrogen-bond acceptors (Lipinski definition) is 5. The summed E-state index contributed by atoms with van der Waals surface area (Å²) in [5.74, 6) is 0.740. The van der Waals surface area contributed by atoms with Gasteiger partial charge in [0.1, 0.15) is 5.75 Å². The fraction of sp³-hybridized carbons (Fsp3) is 0.318. The average molecular weight is 426 g/mol. The monoisotopic (exact) mass is 425 g/mol. The molecule has 156 valence electrons. The number of carbonyl (C=O) groups is 1. The van der Waals surface area contributed by atoms with Crippen LogP contribution in [0.5, 0.6) is 5.75 Å². The zero-order valence-electron chi connectivity index (χ0n) is 17.3. The largest absolute Gasteiger partial charge is 0.495 e. The Morgan fingerprint density at radius 2 is 1.80 bits per heavy atom. The van der Waals surface area contributed by atoms with Crippen LogP contribution >= 0.6 is 11.6 Å². The third-order valence-corrected chi connectivity index (χ3v) is 5.90. The summed E-state index contributed by atoms with van der Waals surface area (Å²) in [6, 6.07) is 13.6. The lowest BCUT2D eigenvalue weighted by Crippen LogP contribution is -2.49. The maximum atomic E-state index is 13.1. The van der Waals surface area contributed by atoms with Crippen LogP contribution in [0.15, 0.2) is 42.5 Å². The molecular weight excluding hydrogens is 402 g/mol. The van der Waals surface area contributed by atoms with Gasteiger partial charge in [-0.15, -0.1) is 5.10 Å². The lowest BCUT2D eigenvalue weighted by molar-refractivity contribution is 0.0740. The average Bonchev–Trinajstić information content (AvgIpc) is 3.16. The van der Waals surface area contributed by atoms with E-state index in [-0.39, 0.29) is 5.91 Å². The molecule has 1 fully saturated rings. The number of halogens is 1. The van der Waals surface area contributed by atoms with Crippen molar-refractivity contribution in [2.24, 2.45) is 0 Å². The second-order valence-electron chi connectivity index (χ2n) is 7.32. The molecule has 4 rings (SSSR count). The van der Waals surface area contributed by atoms with E-state index in [1.54, 1.807) is 11.8 Å². The summed E-state index contributed by atoms with van der Waals surface area (Å²) in [4.78, 5) is 17.2. The van der Waals surface area contributed by atoms with Crippen LogP contribution in [0.4, 0.5) is 5.69 Å². The highest BCUT2D eigenvalue weighted by atomic mass is 35.5. The van der Waals surface area contributed by atoms with Gasteiger partial charge in [-0.3, -0.25) is 4.79 Å². The van der Waals surface area contributed by atoms with Crippen molar-refractivity contribution in [2.45, 2.75) is 13.8 Å². The van der Waals surface area contributed by atoms with Gasteiger partial charge in [-0.1, -0.05) is 35.0 Å². The summed E-state index contributed by atoms with van der Waals surface area (Å²) in [6.45, 7) is 6.48. The van der Waals surface area contributed by atoms with E-state index in [1.165, 1.54) is 0 Å². The summed E-state index contributed by atoms with van der Waals surface area (Å²) >= 11 is 6.24. The van der Waals surface area contributed by atoms with Gasteiger partial charge in [-0.25, -0.2) is 4.68 Å². The number of ether oxygens (including phenoxy) is 1. The predicted octanol–water partition coefficient (Wildman–Crippen LogP) is 3.51. The van der Waals surface area contributed by atoms with Crippen molar-refractivity contribution in [1.82, 2.24) is 19.9 Å². The Labute approximate surface area is 180 Å². The number of aromatic nitrogens is 3. The second kappa shape index (κ2) is 8.36. The molecule has 0 radical (unpaired) electrons. The highest BCUT2D eigenvalue weighted by Crippen LogP contribution is 2.28. The van der Waals surface area contributed by atoms with Crippen molar-refractivity contribution in [1.29, 1.82) is 0 Å². The third-order valence-electron chi connectivity index (χ3n) is 5.49. The molecule has 3 aromatic rings. The summed E-state index contributed by atoms with van der Waals surface area (Å²) in [6.07, 6.45) is 0. The second-order valence-corrected chi connectivity index (χ2v) is 7.73. The quantitative estimate of drug-likeness (QED) is 0.640. The van der Waals surface area contributed by atoms with Crippen molar-refractivity contribution in [3.63, 3.8) is 0 Å². The third kappa shape index (κ3) is 3.73. The lowest BCUT2D eigenvalue weighted by Gasteiger charge is -2.36. The smallest absolute Gasteiger partial charge is 0.276 e. The Balaban J connectivity index is 1.48. The number of anilines is 1. The van der Waals surface area contributed by atoms with Crippen molar-refractivity contribution in [2.75, 3.05) is 38.2 Å². The van der Waals surface area contributed by atoms with Gasteiger partial charge in [0.15, 0.2) is 5.69 Å². The van der Waals surface area contributed by atoms with Crippen LogP contribution in [-0.4, -0.2) is 59.1 Å². The van der Waals surface area contributed by atoms with Gasteiger partial charge in [0.2, 0.25) is 0 Å². The van der Waals surface area contributed by atoms with E-state index in [0.29, 0.717) is 29.5 Å². The number of piperazine rings is 1. The first-order valence-corrected chi connectivity index (χ1v) is 10.2. The van der Waals surface area contributed by atoms with Crippen LogP contribution in [0, 0.1) is 13.8 Å². The molecule has 2 heterocycles. The first kappa shape index (κ1) is 20.2. The minimum Gasteiger partial charge on any atom is -0.495 e. The highest BCUT2D eigenvalue weighted by Gasteiger charge is 2.27. The fourth-order valence-corrected chi connectivity index (χ4v) is 3.85. The minimum absolute atomic E-state index is 0.100. The first-order chi connectivity index (χ1) is 14.5. The maximum absolute atomic E-state index is 13.1. The molecule has 0 N–H and O–H groups in total. The molecule has 0 saturated carbocycles. The number of methoxy groups -OCH3 is 1. The normalized spacial score (nSPS) is 14.1. The molecule has 0 spiro atoms. The Bertz CT molecular complexity index is 1070. The maximum Gasteiger partial charge on any atom is 0.276 e. The Kier molecular flexibility index (Phi) is 5.63. The molecule has 7 nitrogen and oxygen atoms in total. The van der Waals surface area contributed by atoms with Crippen LogP contribution in [0.25, 0.3) is 5.69 Å². The van der Waals surface area contributed by atoms with Crippen molar-refractivity contribution >= 4 is 23.2 Å².